The number of nitriles is 1. The van der Waals surface area contributed by atoms with Gasteiger partial charge >= 0.3 is 0 Å². The number of halogens is 1. The number of carbonyl (C=O) groups excluding carboxylic acids is 2. The summed E-state index contributed by atoms with van der Waals surface area (Å²) >= 11 is 6.11. The maximum Gasteiger partial charge on any atom is 0.257 e. The van der Waals surface area contributed by atoms with Crippen molar-refractivity contribution in [2.24, 2.45) is 0 Å². The Morgan fingerprint density at radius 2 is 1.89 bits per heavy atom. The minimum atomic E-state index is -0.340. The zero-order valence-electron chi connectivity index (χ0n) is 15.2. The van der Waals surface area contributed by atoms with Crippen LogP contribution < -0.4 is 10.2 Å². The average molecular weight is 395 g/mol. The lowest BCUT2D eigenvalue weighted by Gasteiger charge is -2.35. The van der Waals surface area contributed by atoms with Crippen LogP contribution in [-0.4, -0.2) is 42.9 Å². The molecule has 1 N–H and O–H groups in total. The molecule has 2 aromatic carbocycles. The summed E-state index contributed by atoms with van der Waals surface area (Å²) in [4.78, 5) is 28.2. The molecule has 1 aliphatic heterocycles. The highest BCUT2D eigenvalue weighted by Crippen LogP contribution is 2.23. The normalized spacial score (nSPS) is 13.6. The first-order valence-electron chi connectivity index (χ1n) is 8.79. The molecule has 1 fully saturated rings. The summed E-state index contributed by atoms with van der Waals surface area (Å²) in [7, 11) is 0. The fourth-order valence-electron chi connectivity index (χ4n) is 3.06. The van der Waals surface area contributed by atoms with Crippen molar-refractivity contribution in [2.45, 2.75) is 0 Å². The number of hydrogen-bond donors (Lipinski definition) is 1. The van der Waals surface area contributed by atoms with Crippen molar-refractivity contribution in [1.82, 2.24) is 4.90 Å². The van der Waals surface area contributed by atoms with Gasteiger partial charge in [0, 0.05) is 37.6 Å². The van der Waals surface area contributed by atoms with Crippen molar-refractivity contribution in [3.63, 3.8) is 0 Å². The molecule has 0 aliphatic carbocycles. The Kier molecular flexibility index (Phi) is 5.97. The molecule has 2 aromatic rings. The van der Waals surface area contributed by atoms with E-state index in [0.717, 1.165) is 5.69 Å². The van der Waals surface area contributed by atoms with Gasteiger partial charge in [0.05, 0.1) is 22.2 Å². The van der Waals surface area contributed by atoms with E-state index in [2.05, 4.69) is 16.8 Å². The highest BCUT2D eigenvalue weighted by molar-refractivity contribution is 6.34. The van der Waals surface area contributed by atoms with E-state index in [0.29, 0.717) is 43.0 Å². The molecule has 28 heavy (non-hydrogen) atoms. The van der Waals surface area contributed by atoms with E-state index in [1.165, 1.54) is 18.2 Å². The first-order chi connectivity index (χ1) is 13.5. The first kappa shape index (κ1) is 19.5. The lowest BCUT2D eigenvalue weighted by molar-refractivity contribution is -0.126. The molecule has 0 radical (unpaired) electrons. The smallest absolute Gasteiger partial charge is 0.257 e. The van der Waals surface area contributed by atoms with Crippen LogP contribution in [0.2, 0.25) is 5.02 Å². The topological polar surface area (TPSA) is 76.4 Å². The van der Waals surface area contributed by atoms with Gasteiger partial charge in [-0.05, 0) is 42.5 Å². The van der Waals surface area contributed by atoms with Crippen LogP contribution in [-0.2, 0) is 4.79 Å². The Morgan fingerprint density at radius 3 is 2.54 bits per heavy atom. The second-order valence-corrected chi connectivity index (χ2v) is 6.73. The molecule has 1 saturated heterocycles. The summed E-state index contributed by atoms with van der Waals surface area (Å²) < 4.78 is 0. The van der Waals surface area contributed by atoms with E-state index >= 15 is 0 Å². The van der Waals surface area contributed by atoms with Gasteiger partial charge in [-0.2, -0.15) is 5.26 Å². The van der Waals surface area contributed by atoms with Gasteiger partial charge in [-0.15, -0.1) is 0 Å². The van der Waals surface area contributed by atoms with E-state index in [9.17, 15) is 9.59 Å². The minimum Gasteiger partial charge on any atom is -0.368 e. The van der Waals surface area contributed by atoms with Crippen molar-refractivity contribution < 1.29 is 9.59 Å². The predicted octanol–water partition coefficient (Wildman–Crippen LogP) is 3.30. The molecule has 0 saturated carbocycles. The molecule has 3 rings (SSSR count). The third-order valence-corrected chi connectivity index (χ3v) is 4.89. The van der Waals surface area contributed by atoms with E-state index in [1.54, 1.807) is 17.0 Å². The zero-order chi connectivity index (χ0) is 20.1. The monoisotopic (exact) mass is 394 g/mol. The van der Waals surface area contributed by atoms with Crippen LogP contribution in [0.1, 0.15) is 15.9 Å². The summed E-state index contributed by atoms with van der Waals surface area (Å²) in [6.45, 7) is 6.19. The molecule has 142 valence electrons. The van der Waals surface area contributed by atoms with Crippen molar-refractivity contribution in [2.75, 3.05) is 36.4 Å². The van der Waals surface area contributed by atoms with E-state index in [4.69, 9.17) is 16.9 Å². The summed E-state index contributed by atoms with van der Waals surface area (Å²) in [6.07, 6.45) is 1.33. The molecule has 1 heterocycles. The number of nitrogens with one attached hydrogen (secondary N) is 1. The molecule has 0 bridgehead atoms. The van der Waals surface area contributed by atoms with Gasteiger partial charge in [0.1, 0.15) is 0 Å². The van der Waals surface area contributed by atoms with Crippen molar-refractivity contribution >= 4 is 34.8 Å². The molecule has 6 nitrogen and oxygen atoms in total. The molecule has 0 unspecified atom stereocenters. The van der Waals surface area contributed by atoms with Gasteiger partial charge < -0.3 is 15.1 Å². The second kappa shape index (κ2) is 8.59. The standard InChI is InChI=1S/C21H19ClN4O2/c1-2-20(27)26-10-8-25(9-11-26)17-5-3-4-16(13-17)24-21(28)18-7-6-15(14-23)12-19(18)22/h2-7,12-13H,1,8-11H2,(H,24,28). The number of piperazine rings is 1. The largest absolute Gasteiger partial charge is 0.368 e. The van der Waals surface area contributed by atoms with Crippen LogP contribution in [0, 0.1) is 11.3 Å². The fourth-order valence-corrected chi connectivity index (χ4v) is 3.33. The second-order valence-electron chi connectivity index (χ2n) is 6.33. The fraction of sp³-hybridized carbons (Fsp3) is 0.190. The van der Waals surface area contributed by atoms with Crippen LogP contribution in [0.25, 0.3) is 0 Å². The summed E-state index contributed by atoms with van der Waals surface area (Å²) in [6, 6.07) is 14.1. The first-order valence-corrected chi connectivity index (χ1v) is 9.17. The van der Waals surface area contributed by atoms with Crippen molar-refractivity contribution in [1.29, 1.82) is 5.26 Å². The summed E-state index contributed by atoms with van der Waals surface area (Å²) in [5, 5.41) is 12.0. The Morgan fingerprint density at radius 1 is 1.14 bits per heavy atom. The van der Waals surface area contributed by atoms with Crippen LogP contribution >= 0.6 is 11.6 Å². The van der Waals surface area contributed by atoms with Gasteiger partial charge in [-0.1, -0.05) is 24.2 Å². The van der Waals surface area contributed by atoms with Crippen molar-refractivity contribution in [3.8, 4) is 6.07 Å². The minimum absolute atomic E-state index is 0.0556. The van der Waals surface area contributed by atoms with Gasteiger partial charge in [0.25, 0.3) is 5.91 Å². The Hall–Kier alpha value is -3.30. The average Bonchev–Trinajstić information content (AvgIpc) is 2.73. The number of amides is 2. The van der Waals surface area contributed by atoms with Gasteiger partial charge in [0.15, 0.2) is 0 Å². The van der Waals surface area contributed by atoms with Gasteiger partial charge in [-0.3, -0.25) is 9.59 Å². The Labute approximate surface area is 168 Å². The van der Waals surface area contributed by atoms with Crippen LogP contribution in [0.4, 0.5) is 11.4 Å². The third-order valence-electron chi connectivity index (χ3n) is 4.58. The highest BCUT2D eigenvalue weighted by atomic mass is 35.5. The predicted molar refractivity (Wildman–Crippen MR) is 110 cm³/mol. The Balaban J connectivity index is 1.69. The molecular weight excluding hydrogens is 376 g/mol. The summed E-state index contributed by atoms with van der Waals surface area (Å²) in [5.41, 5.74) is 2.32. The SMILES string of the molecule is C=CC(=O)N1CCN(c2cccc(NC(=O)c3ccc(C#N)cc3Cl)c2)CC1. The number of rotatable bonds is 4. The lowest BCUT2D eigenvalue weighted by Crippen LogP contribution is -2.48. The maximum atomic E-state index is 12.5. The molecule has 0 aromatic heterocycles. The molecule has 7 heteroatoms. The quantitative estimate of drug-likeness (QED) is 0.807. The molecule has 0 spiro atoms. The van der Waals surface area contributed by atoms with Gasteiger partial charge in [-0.25, -0.2) is 0 Å². The number of benzene rings is 2. The molecular formula is C21H19ClN4O2. The van der Waals surface area contributed by atoms with E-state index in [1.807, 2.05) is 24.3 Å². The van der Waals surface area contributed by atoms with Crippen LogP contribution in [0.5, 0.6) is 0 Å². The highest BCUT2D eigenvalue weighted by Gasteiger charge is 2.20. The number of hydrogen-bond acceptors (Lipinski definition) is 4. The van der Waals surface area contributed by atoms with Gasteiger partial charge in [0.2, 0.25) is 5.91 Å². The number of nitrogens with zero attached hydrogens (tertiary/aromatic N) is 3. The lowest BCUT2D eigenvalue weighted by atomic mass is 10.1. The molecule has 1 aliphatic rings. The zero-order valence-corrected chi connectivity index (χ0v) is 15.9. The van der Waals surface area contributed by atoms with E-state index in [-0.39, 0.29) is 16.8 Å². The third kappa shape index (κ3) is 4.33. The Bertz CT molecular complexity index is 959. The molecule has 2 amide bonds. The van der Waals surface area contributed by atoms with Crippen LogP contribution in [0.3, 0.4) is 0 Å². The van der Waals surface area contributed by atoms with E-state index < -0.39 is 0 Å². The number of anilines is 2. The van der Waals surface area contributed by atoms with Crippen molar-refractivity contribution in [3.05, 3.63) is 71.3 Å². The van der Waals surface area contributed by atoms with Crippen LogP contribution in [0.15, 0.2) is 55.1 Å². The summed E-state index contributed by atoms with van der Waals surface area (Å²) in [5.74, 6) is -0.395. The maximum absolute atomic E-state index is 12.5. The number of carbonyl (C=O) groups is 2. The molecule has 0 atom stereocenters.